The molecule has 6 heteroatoms. The van der Waals surface area contributed by atoms with Crippen molar-refractivity contribution < 1.29 is 23.5 Å². The minimum atomic E-state index is -2.18. The van der Waals surface area contributed by atoms with E-state index in [0.717, 1.165) is 28.7 Å². The third-order valence-electron chi connectivity index (χ3n) is 6.75. The molecule has 0 unspecified atom stereocenters. The van der Waals surface area contributed by atoms with E-state index < -0.39 is 8.32 Å². The van der Waals surface area contributed by atoms with Gasteiger partial charge in [-0.3, -0.25) is 4.79 Å². The highest BCUT2D eigenvalue weighted by Gasteiger charge is 2.42. The number of rotatable bonds is 8. The van der Waals surface area contributed by atoms with Gasteiger partial charge in [0, 0.05) is 17.5 Å². The standard InChI is InChI=1S/C25H38O5Si/c1-10-18-17(3)20-15-29-24(27)22(20)23(30-31(8,9)25(4,5)6)19(18)13-11-16(2)12-14-21(26)28-7/h11H,10,12-15H2,1-9H3/b16-11+. The first-order chi connectivity index (χ1) is 14.3. The molecule has 0 N–H and O–H groups in total. The van der Waals surface area contributed by atoms with E-state index in [1.165, 1.54) is 12.7 Å². The second-order valence-electron chi connectivity index (χ2n) is 9.89. The van der Waals surface area contributed by atoms with Gasteiger partial charge in [0.2, 0.25) is 0 Å². The number of methoxy groups -OCH3 is 1. The minimum absolute atomic E-state index is 0.00317. The number of hydrogen-bond acceptors (Lipinski definition) is 5. The predicted molar refractivity (Wildman–Crippen MR) is 126 cm³/mol. The SMILES string of the molecule is CCc1c(C)c2c(c(O[Si](C)(C)C(C)(C)C)c1C/C=C(\C)CCC(=O)OC)C(=O)OC2. The van der Waals surface area contributed by atoms with Crippen LogP contribution in [0, 0.1) is 6.92 Å². The van der Waals surface area contributed by atoms with Gasteiger partial charge in [-0.15, -0.1) is 0 Å². The second-order valence-corrected chi connectivity index (χ2v) is 14.6. The summed E-state index contributed by atoms with van der Waals surface area (Å²) < 4.78 is 17.0. The molecule has 1 aliphatic rings. The molecule has 0 bridgehead atoms. The van der Waals surface area contributed by atoms with E-state index in [-0.39, 0.29) is 17.0 Å². The van der Waals surface area contributed by atoms with Crippen LogP contribution in [-0.4, -0.2) is 27.4 Å². The molecule has 5 nitrogen and oxygen atoms in total. The number of hydrogen-bond donors (Lipinski definition) is 0. The van der Waals surface area contributed by atoms with E-state index in [4.69, 9.17) is 13.9 Å². The molecule has 172 valence electrons. The Balaban J connectivity index is 2.57. The molecule has 0 atom stereocenters. The summed E-state index contributed by atoms with van der Waals surface area (Å²) in [6.45, 7) is 17.5. The highest BCUT2D eigenvalue weighted by Crippen LogP contribution is 2.44. The van der Waals surface area contributed by atoms with E-state index in [1.807, 2.05) is 6.92 Å². The van der Waals surface area contributed by atoms with Gasteiger partial charge in [0.05, 0.1) is 7.11 Å². The lowest BCUT2D eigenvalue weighted by Gasteiger charge is -2.38. The van der Waals surface area contributed by atoms with Crippen LogP contribution in [0.25, 0.3) is 0 Å². The second kappa shape index (κ2) is 9.59. The third kappa shape index (κ3) is 5.40. The van der Waals surface area contributed by atoms with Gasteiger partial charge in [0.25, 0.3) is 8.32 Å². The molecule has 0 spiro atoms. The quantitative estimate of drug-likeness (QED) is 0.276. The van der Waals surface area contributed by atoms with Crippen molar-refractivity contribution in [1.82, 2.24) is 0 Å². The number of benzene rings is 1. The van der Waals surface area contributed by atoms with Crippen LogP contribution in [-0.2, 0) is 33.7 Å². The molecule has 1 aliphatic heterocycles. The molecule has 0 radical (unpaired) electrons. The number of carbonyl (C=O) groups excluding carboxylic acids is 2. The van der Waals surface area contributed by atoms with Gasteiger partial charge in [-0.05, 0) is 62.4 Å². The predicted octanol–water partition coefficient (Wildman–Crippen LogP) is 6.05. The lowest BCUT2D eigenvalue weighted by Crippen LogP contribution is -2.44. The highest BCUT2D eigenvalue weighted by atomic mass is 28.4. The summed E-state index contributed by atoms with van der Waals surface area (Å²) in [5.74, 6) is 0.214. The molecule has 0 saturated carbocycles. The molecule has 2 rings (SSSR count). The first kappa shape index (κ1) is 25.2. The van der Waals surface area contributed by atoms with E-state index in [1.54, 1.807) is 0 Å². The van der Waals surface area contributed by atoms with Crippen LogP contribution in [0.3, 0.4) is 0 Å². The fraction of sp³-hybridized carbons (Fsp3) is 0.600. The smallest absolute Gasteiger partial charge is 0.342 e. The van der Waals surface area contributed by atoms with Crippen molar-refractivity contribution in [3.8, 4) is 5.75 Å². The molecule has 1 heterocycles. The zero-order valence-electron chi connectivity index (χ0n) is 20.7. The summed E-state index contributed by atoms with van der Waals surface area (Å²) in [5.41, 5.74) is 6.11. The van der Waals surface area contributed by atoms with Crippen LogP contribution in [0.5, 0.6) is 5.75 Å². The van der Waals surface area contributed by atoms with Crippen molar-refractivity contribution in [3.05, 3.63) is 39.5 Å². The van der Waals surface area contributed by atoms with Crippen LogP contribution in [0.15, 0.2) is 11.6 Å². The Morgan fingerprint density at radius 1 is 1.19 bits per heavy atom. The summed E-state index contributed by atoms with van der Waals surface area (Å²) in [6.07, 6.45) is 4.66. The van der Waals surface area contributed by atoms with E-state index in [2.05, 4.69) is 53.8 Å². The summed E-state index contributed by atoms with van der Waals surface area (Å²) >= 11 is 0. The number of ether oxygens (including phenoxy) is 2. The topological polar surface area (TPSA) is 61.8 Å². The summed E-state index contributed by atoms with van der Waals surface area (Å²) in [7, 11) is -0.775. The van der Waals surface area contributed by atoms with Crippen molar-refractivity contribution in [1.29, 1.82) is 0 Å². The van der Waals surface area contributed by atoms with Crippen molar-refractivity contribution >= 4 is 20.3 Å². The number of fused-ring (bicyclic) bond motifs is 1. The summed E-state index contributed by atoms with van der Waals surface area (Å²) in [5, 5.41) is 0.00317. The van der Waals surface area contributed by atoms with Crippen molar-refractivity contribution in [2.24, 2.45) is 0 Å². The Labute approximate surface area is 188 Å². The van der Waals surface area contributed by atoms with Crippen molar-refractivity contribution in [2.45, 2.75) is 92.0 Å². The molecule has 0 amide bonds. The Morgan fingerprint density at radius 2 is 1.84 bits per heavy atom. The van der Waals surface area contributed by atoms with Gasteiger partial charge in [0.15, 0.2) is 0 Å². The maximum absolute atomic E-state index is 12.7. The number of cyclic esters (lactones) is 1. The van der Waals surface area contributed by atoms with Crippen LogP contribution >= 0.6 is 0 Å². The fourth-order valence-electron chi connectivity index (χ4n) is 3.62. The summed E-state index contributed by atoms with van der Waals surface area (Å²) in [6, 6.07) is 0. The highest BCUT2D eigenvalue weighted by molar-refractivity contribution is 6.74. The van der Waals surface area contributed by atoms with E-state index >= 15 is 0 Å². The van der Waals surface area contributed by atoms with Gasteiger partial charge in [-0.25, -0.2) is 4.79 Å². The number of esters is 2. The number of carbonyl (C=O) groups is 2. The minimum Gasteiger partial charge on any atom is -0.543 e. The largest absolute Gasteiger partial charge is 0.543 e. The van der Waals surface area contributed by atoms with E-state index in [0.29, 0.717) is 37.2 Å². The Morgan fingerprint density at radius 3 is 2.39 bits per heavy atom. The zero-order chi connectivity index (χ0) is 23.6. The Hall–Kier alpha value is -2.08. The summed E-state index contributed by atoms with van der Waals surface area (Å²) in [4.78, 5) is 24.2. The molecular weight excluding hydrogens is 408 g/mol. The van der Waals surface area contributed by atoms with Crippen molar-refractivity contribution in [2.75, 3.05) is 7.11 Å². The van der Waals surface area contributed by atoms with Crippen LogP contribution in [0.1, 0.15) is 80.1 Å². The normalized spacial score (nSPS) is 14.4. The maximum Gasteiger partial charge on any atom is 0.342 e. The van der Waals surface area contributed by atoms with Gasteiger partial charge >= 0.3 is 11.9 Å². The first-order valence-electron chi connectivity index (χ1n) is 11.1. The van der Waals surface area contributed by atoms with Crippen LogP contribution < -0.4 is 4.43 Å². The lowest BCUT2D eigenvalue weighted by molar-refractivity contribution is -0.140. The van der Waals surface area contributed by atoms with Gasteiger partial charge in [0.1, 0.15) is 17.9 Å². The van der Waals surface area contributed by atoms with Gasteiger partial charge in [-0.2, -0.15) is 0 Å². The van der Waals surface area contributed by atoms with Gasteiger partial charge in [-0.1, -0.05) is 39.3 Å². The van der Waals surface area contributed by atoms with E-state index in [9.17, 15) is 9.59 Å². The molecule has 0 saturated heterocycles. The molecule has 1 aromatic carbocycles. The third-order valence-corrected chi connectivity index (χ3v) is 11.1. The zero-order valence-corrected chi connectivity index (χ0v) is 21.7. The molecular formula is C25H38O5Si. The molecule has 0 fully saturated rings. The maximum atomic E-state index is 12.7. The monoisotopic (exact) mass is 446 g/mol. The number of allylic oxidation sites excluding steroid dienone is 2. The van der Waals surface area contributed by atoms with Crippen LogP contribution in [0.2, 0.25) is 18.1 Å². The average molecular weight is 447 g/mol. The Bertz CT molecular complexity index is 890. The fourth-order valence-corrected chi connectivity index (χ4v) is 4.66. The Kier molecular flexibility index (Phi) is 7.79. The lowest BCUT2D eigenvalue weighted by atomic mass is 9.89. The van der Waals surface area contributed by atoms with Gasteiger partial charge < -0.3 is 13.9 Å². The average Bonchev–Trinajstić information content (AvgIpc) is 3.07. The van der Waals surface area contributed by atoms with Crippen molar-refractivity contribution in [3.63, 3.8) is 0 Å². The molecule has 1 aromatic rings. The molecule has 31 heavy (non-hydrogen) atoms. The van der Waals surface area contributed by atoms with Crippen LogP contribution in [0.4, 0.5) is 0 Å². The first-order valence-corrected chi connectivity index (χ1v) is 14.0. The molecule has 0 aromatic heterocycles. The molecule has 0 aliphatic carbocycles.